The van der Waals surface area contributed by atoms with Gasteiger partial charge in [-0.3, -0.25) is 4.90 Å². The van der Waals surface area contributed by atoms with E-state index in [1.165, 1.54) is 17.2 Å². The molecule has 0 radical (unpaired) electrons. The zero-order valence-electron chi connectivity index (χ0n) is 14.5. The largest absolute Gasteiger partial charge is 0.434 e. The summed E-state index contributed by atoms with van der Waals surface area (Å²) < 4.78 is 34.9. The van der Waals surface area contributed by atoms with Gasteiger partial charge in [-0.15, -0.1) is 0 Å². The van der Waals surface area contributed by atoms with Crippen molar-refractivity contribution in [2.75, 3.05) is 7.05 Å². The van der Waals surface area contributed by atoms with Gasteiger partial charge in [-0.1, -0.05) is 41.6 Å². The van der Waals surface area contributed by atoms with Crippen LogP contribution in [0.15, 0.2) is 53.1 Å². The number of nitrogens with zero attached hydrogens (tertiary/aromatic N) is 3. The molecular weight excluding hydrogens is 340 g/mol. The van der Waals surface area contributed by atoms with Gasteiger partial charge in [-0.2, -0.15) is 13.8 Å². The molecule has 3 aromatic rings. The molecule has 0 saturated carbocycles. The minimum absolute atomic E-state index is 0.0168. The summed E-state index contributed by atoms with van der Waals surface area (Å²) in [5, 5.41) is 3.89. The first-order valence-corrected chi connectivity index (χ1v) is 8.13. The maximum atomic E-state index is 12.5. The maximum Gasteiger partial charge on any atom is 0.387 e. The van der Waals surface area contributed by atoms with Gasteiger partial charge in [0.15, 0.2) is 0 Å². The number of aryl methyl sites for hydroxylation is 1. The van der Waals surface area contributed by atoms with Gasteiger partial charge in [-0.05, 0) is 37.2 Å². The molecule has 3 rings (SSSR count). The molecule has 0 aliphatic rings. The third kappa shape index (κ3) is 4.43. The van der Waals surface area contributed by atoms with Crippen LogP contribution in [0.1, 0.15) is 17.0 Å². The molecule has 0 aliphatic carbocycles. The number of hydrogen-bond acceptors (Lipinski definition) is 5. The summed E-state index contributed by atoms with van der Waals surface area (Å²) in [6.45, 7) is 0.325. The molecule has 0 N–H and O–H groups in total. The molecule has 0 aliphatic heterocycles. The van der Waals surface area contributed by atoms with Crippen LogP contribution in [-0.2, 0) is 13.1 Å². The molecule has 2 aromatic carbocycles. The number of rotatable bonds is 7. The molecular formula is C19H19F2N3O2. The molecule has 0 unspecified atom stereocenters. The Morgan fingerprint density at radius 2 is 1.81 bits per heavy atom. The van der Waals surface area contributed by atoms with Gasteiger partial charge >= 0.3 is 6.61 Å². The normalized spacial score (nSPS) is 11.3. The van der Waals surface area contributed by atoms with E-state index in [9.17, 15) is 8.78 Å². The molecule has 0 saturated heterocycles. The monoisotopic (exact) mass is 359 g/mol. The quantitative estimate of drug-likeness (QED) is 0.630. The highest BCUT2D eigenvalue weighted by Crippen LogP contribution is 2.29. The SMILES string of the molecule is Cc1ccccc1CN(C)Cc1nc(-c2ccccc2OC(F)F)no1. The Labute approximate surface area is 150 Å². The van der Waals surface area contributed by atoms with Gasteiger partial charge in [0.05, 0.1) is 12.1 Å². The molecule has 26 heavy (non-hydrogen) atoms. The topological polar surface area (TPSA) is 51.4 Å². The molecule has 0 fully saturated rings. The molecule has 1 aromatic heterocycles. The predicted octanol–water partition coefficient (Wildman–Crippen LogP) is 4.28. The minimum Gasteiger partial charge on any atom is -0.434 e. The fraction of sp³-hybridized carbons (Fsp3) is 0.263. The van der Waals surface area contributed by atoms with Gasteiger partial charge in [0, 0.05) is 6.54 Å². The summed E-state index contributed by atoms with van der Waals surface area (Å²) in [4.78, 5) is 6.35. The van der Waals surface area contributed by atoms with E-state index in [2.05, 4.69) is 33.9 Å². The summed E-state index contributed by atoms with van der Waals surface area (Å²) in [5.41, 5.74) is 2.79. The lowest BCUT2D eigenvalue weighted by atomic mass is 10.1. The van der Waals surface area contributed by atoms with E-state index in [1.54, 1.807) is 18.2 Å². The standard InChI is InChI=1S/C19H19F2N3O2/c1-13-7-3-4-8-14(13)11-24(2)12-17-22-18(23-26-17)15-9-5-6-10-16(15)25-19(20)21/h3-10,19H,11-12H2,1-2H3. The second-order valence-electron chi connectivity index (χ2n) is 5.99. The third-order valence-electron chi connectivity index (χ3n) is 3.92. The number of benzene rings is 2. The zero-order chi connectivity index (χ0) is 18.5. The van der Waals surface area contributed by atoms with Crippen LogP contribution in [0.25, 0.3) is 11.4 Å². The van der Waals surface area contributed by atoms with E-state index >= 15 is 0 Å². The highest BCUT2D eigenvalue weighted by atomic mass is 19.3. The lowest BCUT2D eigenvalue weighted by Crippen LogP contribution is -2.18. The van der Waals surface area contributed by atoms with E-state index in [1.807, 2.05) is 24.1 Å². The van der Waals surface area contributed by atoms with Crippen LogP contribution in [-0.4, -0.2) is 28.7 Å². The number of aromatic nitrogens is 2. The number of ether oxygens (including phenoxy) is 1. The summed E-state index contributed by atoms with van der Waals surface area (Å²) >= 11 is 0. The Morgan fingerprint density at radius 3 is 2.58 bits per heavy atom. The molecule has 0 atom stereocenters. The molecule has 0 spiro atoms. The van der Waals surface area contributed by atoms with Crippen molar-refractivity contribution in [2.45, 2.75) is 26.6 Å². The van der Waals surface area contributed by atoms with E-state index in [-0.39, 0.29) is 11.6 Å². The van der Waals surface area contributed by atoms with Crippen molar-refractivity contribution in [3.63, 3.8) is 0 Å². The molecule has 0 amide bonds. The first-order valence-electron chi connectivity index (χ1n) is 8.13. The first-order chi connectivity index (χ1) is 12.5. The highest BCUT2D eigenvalue weighted by molar-refractivity contribution is 5.63. The van der Waals surface area contributed by atoms with Crippen LogP contribution in [0, 0.1) is 6.92 Å². The summed E-state index contributed by atoms with van der Waals surface area (Å²) in [7, 11) is 1.95. The van der Waals surface area contributed by atoms with Gasteiger partial charge in [0.25, 0.3) is 0 Å². The van der Waals surface area contributed by atoms with Crippen molar-refractivity contribution in [2.24, 2.45) is 0 Å². The van der Waals surface area contributed by atoms with Crippen molar-refractivity contribution in [1.82, 2.24) is 15.0 Å². The zero-order valence-corrected chi connectivity index (χ0v) is 14.5. The first kappa shape index (κ1) is 18.0. The Kier molecular flexibility index (Phi) is 5.58. The maximum absolute atomic E-state index is 12.5. The molecule has 1 heterocycles. The summed E-state index contributed by atoms with van der Waals surface area (Å²) in [6.07, 6.45) is 0. The van der Waals surface area contributed by atoms with Crippen molar-refractivity contribution in [3.8, 4) is 17.1 Å². The molecule has 0 bridgehead atoms. The molecule has 136 valence electrons. The van der Waals surface area contributed by atoms with Gasteiger partial charge in [-0.25, -0.2) is 0 Å². The number of alkyl halides is 2. The average Bonchev–Trinajstić information content (AvgIpc) is 3.05. The average molecular weight is 359 g/mol. The Hall–Kier alpha value is -2.80. The van der Waals surface area contributed by atoms with E-state index < -0.39 is 6.61 Å². The van der Waals surface area contributed by atoms with Crippen LogP contribution >= 0.6 is 0 Å². The van der Waals surface area contributed by atoms with Crippen LogP contribution in [0.3, 0.4) is 0 Å². The Balaban J connectivity index is 1.71. The van der Waals surface area contributed by atoms with Crippen molar-refractivity contribution in [1.29, 1.82) is 0 Å². The summed E-state index contributed by atoms with van der Waals surface area (Å²) in [5.74, 6) is 0.645. The number of hydrogen-bond donors (Lipinski definition) is 0. The Bertz CT molecular complexity index is 867. The third-order valence-corrected chi connectivity index (χ3v) is 3.92. The smallest absolute Gasteiger partial charge is 0.387 e. The lowest BCUT2D eigenvalue weighted by Gasteiger charge is -2.15. The number of para-hydroxylation sites is 1. The van der Waals surface area contributed by atoms with Crippen molar-refractivity contribution in [3.05, 3.63) is 65.5 Å². The minimum atomic E-state index is -2.91. The second kappa shape index (κ2) is 8.05. The molecule has 5 nitrogen and oxygen atoms in total. The fourth-order valence-electron chi connectivity index (χ4n) is 2.64. The Morgan fingerprint density at radius 1 is 1.08 bits per heavy atom. The van der Waals surface area contributed by atoms with Crippen LogP contribution in [0.4, 0.5) is 8.78 Å². The lowest BCUT2D eigenvalue weighted by molar-refractivity contribution is -0.0494. The van der Waals surface area contributed by atoms with E-state index in [4.69, 9.17) is 4.52 Å². The van der Waals surface area contributed by atoms with Gasteiger partial charge in [0.1, 0.15) is 5.75 Å². The van der Waals surface area contributed by atoms with E-state index in [0.29, 0.717) is 18.0 Å². The van der Waals surface area contributed by atoms with Gasteiger partial charge in [0.2, 0.25) is 11.7 Å². The summed E-state index contributed by atoms with van der Waals surface area (Å²) in [6, 6.07) is 14.5. The van der Waals surface area contributed by atoms with Crippen molar-refractivity contribution >= 4 is 0 Å². The predicted molar refractivity (Wildman–Crippen MR) is 92.7 cm³/mol. The number of halogens is 2. The van der Waals surface area contributed by atoms with Crippen LogP contribution < -0.4 is 4.74 Å². The van der Waals surface area contributed by atoms with Gasteiger partial charge < -0.3 is 9.26 Å². The second-order valence-corrected chi connectivity index (χ2v) is 5.99. The molecule has 7 heteroatoms. The van der Waals surface area contributed by atoms with Crippen molar-refractivity contribution < 1.29 is 18.0 Å². The van der Waals surface area contributed by atoms with Crippen LogP contribution in [0.5, 0.6) is 5.75 Å². The fourth-order valence-corrected chi connectivity index (χ4v) is 2.64. The highest BCUT2D eigenvalue weighted by Gasteiger charge is 2.16. The van der Waals surface area contributed by atoms with Crippen LogP contribution in [0.2, 0.25) is 0 Å². The van der Waals surface area contributed by atoms with E-state index in [0.717, 1.165) is 6.54 Å².